The summed E-state index contributed by atoms with van der Waals surface area (Å²) < 4.78 is 5.07. The Balaban J connectivity index is 2.37. The number of hydrogen-bond donors (Lipinski definition) is 1. The Kier molecular flexibility index (Phi) is 3.95. The third kappa shape index (κ3) is 2.39. The van der Waals surface area contributed by atoms with Gasteiger partial charge in [-0.25, -0.2) is 4.79 Å². The number of fused-ring (bicyclic) bond motifs is 1. The van der Waals surface area contributed by atoms with Gasteiger partial charge in [-0.2, -0.15) is 0 Å². The first-order valence-electron chi connectivity index (χ1n) is 7.02. The van der Waals surface area contributed by atoms with E-state index >= 15 is 0 Å². The first kappa shape index (κ1) is 14.1. The third-order valence-electron chi connectivity index (χ3n) is 4.12. The molecule has 2 atom stereocenters. The van der Waals surface area contributed by atoms with Crippen LogP contribution in [-0.2, 0) is 16.0 Å². The zero-order valence-electron chi connectivity index (χ0n) is 11.9. The Bertz CT molecular complexity index is 481. The minimum atomic E-state index is -1.39. The average Bonchev–Trinajstić information content (AvgIpc) is 2.81. The fraction of sp³-hybridized carbons (Fsp3) is 0.562. The number of aryl methyl sites for hydroxylation is 2. The molecule has 0 fully saturated rings. The summed E-state index contributed by atoms with van der Waals surface area (Å²) in [5.74, 6) is -0.636. The van der Waals surface area contributed by atoms with E-state index in [0.29, 0.717) is 13.0 Å². The molecule has 1 aromatic rings. The molecule has 104 valence electrons. The Morgan fingerprint density at radius 2 is 2.21 bits per heavy atom. The minimum Gasteiger partial charge on any atom is -0.464 e. The van der Waals surface area contributed by atoms with Crippen molar-refractivity contribution in [1.29, 1.82) is 0 Å². The van der Waals surface area contributed by atoms with Crippen LogP contribution >= 0.6 is 0 Å². The van der Waals surface area contributed by atoms with Gasteiger partial charge < -0.3 is 9.84 Å². The molecule has 2 unspecified atom stereocenters. The van der Waals surface area contributed by atoms with E-state index in [0.717, 1.165) is 24.0 Å². The number of carbonyl (C=O) groups is 1. The first-order valence-corrected chi connectivity index (χ1v) is 7.02. The van der Waals surface area contributed by atoms with Gasteiger partial charge in [0, 0.05) is 5.92 Å². The van der Waals surface area contributed by atoms with Crippen LogP contribution in [0.1, 0.15) is 49.3 Å². The monoisotopic (exact) mass is 262 g/mol. The maximum Gasteiger partial charge on any atom is 0.338 e. The second kappa shape index (κ2) is 5.33. The Labute approximate surface area is 114 Å². The molecule has 3 heteroatoms. The predicted octanol–water partition coefficient (Wildman–Crippen LogP) is 2.73. The number of ether oxygens (including phenoxy) is 1. The summed E-state index contributed by atoms with van der Waals surface area (Å²) in [5.41, 5.74) is 2.12. The summed E-state index contributed by atoms with van der Waals surface area (Å²) >= 11 is 0. The highest BCUT2D eigenvalue weighted by Crippen LogP contribution is 2.43. The molecular formula is C16H22O3. The third-order valence-corrected chi connectivity index (χ3v) is 4.12. The lowest BCUT2D eigenvalue weighted by molar-refractivity contribution is -0.168. The molecule has 2 rings (SSSR count). The SMILES string of the molecule is CCOC(=O)C(O)(CC)C1CCc2ccc(C)cc21. The van der Waals surface area contributed by atoms with E-state index < -0.39 is 11.6 Å². The van der Waals surface area contributed by atoms with Crippen molar-refractivity contribution in [3.63, 3.8) is 0 Å². The van der Waals surface area contributed by atoms with Crippen molar-refractivity contribution in [2.45, 2.75) is 51.6 Å². The van der Waals surface area contributed by atoms with E-state index in [9.17, 15) is 9.90 Å². The Hall–Kier alpha value is -1.35. The van der Waals surface area contributed by atoms with Crippen LogP contribution < -0.4 is 0 Å². The van der Waals surface area contributed by atoms with Gasteiger partial charge in [0.25, 0.3) is 0 Å². The largest absolute Gasteiger partial charge is 0.464 e. The molecule has 0 saturated heterocycles. The van der Waals surface area contributed by atoms with E-state index in [2.05, 4.69) is 18.2 Å². The minimum absolute atomic E-state index is 0.147. The van der Waals surface area contributed by atoms with Crippen LogP contribution in [0.15, 0.2) is 18.2 Å². The highest BCUT2D eigenvalue weighted by molar-refractivity contribution is 5.81. The van der Waals surface area contributed by atoms with Gasteiger partial charge in [0.2, 0.25) is 0 Å². The molecule has 0 bridgehead atoms. The molecule has 1 N–H and O–H groups in total. The number of rotatable bonds is 4. The number of carbonyl (C=O) groups excluding carboxylic acids is 1. The normalized spacial score (nSPS) is 20.7. The van der Waals surface area contributed by atoms with Crippen molar-refractivity contribution >= 4 is 5.97 Å². The molecule has 1 aromatic carbocycles. The molecule has 1 aliphatic rings. The van der Waals surface area contributed by atoms with Crippen molar-refractivity contribution in [1.82, 2.24) is 0 Å². The van der Waals surface area contributed by atoms with Crippen molar-refractivity contribution < 1.29 is 14.6 Å². The van der Waals surface area contributed by atoms with Gasteiger partial charge in [0.05, 0.1) is 6.61 Å². The van der Waals surface area contributed by atoms with Crippen LogP contribution in [0.3, 0.4) is 0 Å². The predicted molar refractivity (Wildman–Crippen MR) is 74.1 cm³/mol. The average molecular weight is 262 g/mol. The highest BCUT2D eigenvalue weighted by atomic mass is 16.5. The molecule has 19 heavy (non-hydrogen) atoms. The van der Waals surface area contributed by atoms with Gasteiger partial charge in [-0.05, 0) is 44.2 Å². The van der Waals surface area contributed by atoms with Gasteiger partial charge in [0.1, 0.15) is 0 Å². The quantitative estimate of drug-likeness (QED) is 0.849. The molecule has 0 spiro atoms. The van der Waals surface area contributed by atoms with Crippen LogP contribution in [0.2, 0.25) is 0 Å². The smallest absolute Gasteiger partial charge is 0.338 e. The highest BCUT2D eigenvalue weighted by Gasteiger charge is 2.46. The lowest BCUT2D eigenvalue weighted by Crippen LogP contribution is -2.44. The van der Waals surface area contributed by atoms with Crippen LogP contribution in [0.25, 0.3) is 0 Å². The summed E-state index contributed by atoms with van der Waals surface area (Å²) in [6.07, 6.45) is 2.10. The van der Waals surface area contributed by atoms with Crippen molar-refractivity contribution in [2.24, 2.45) is 0 Å². The summed E-state index contributed by atoms with van der Waals surface area (Å²) in [6.45, 7) is 5.94. The van der Waals surface area contributed by atoms with Gasteiger partial charge in [-0.15, -0.1) is 0 Å². The van der Waals surface area contributed by atoms with Gasteiger partial charge in [-0.1, -0.05) is 30.7 Å². The van der Waals surface area contributed by atoms with Crippen LogP contribution in [0.5, 0.6) is 0 Å². The second-order valence-electron chi connectivity index (χ2n) is 5.29. The molecule has 0 radical (unpaired) electrons. The van der Waals surface area contributed by atoms with Gasteiger partial charge in [0.15, 0.2) is 5.60 Å². The zero-order chi connectivity index (χ0) is 14.0. The first-order chi connectivity index (χ1) is 9.02. The van der Waals surface area contributed by atoms with E-state index in [-0.39, 0.29) is 5.92 Å². The van der Waals surface area contributed by atoms with E-state index in [1.54, 1.807) is 6.92 Å². The number of esters is 1. The fourth-order valence-electron chi connectivity index (χ4n) is 3.01. The zero-order valence-corrected chi connectivity index (χ0v) is 11.9. The molecule has 0 aliphatic heterocycles. The maximum absolute atomic E-state index is 12.1. The van der Waals surface area contributed by atoms with Gasteiger partial charge >= 0.3 is 5.97 Å². The summed E-state index contributed by atoms with van der Waals surface area (Å²) in [6, 6.07) is 6.27. The van der Waals surface area contributed by atoms with Crippen molar-refractivity contribution in [3.05, 3.63) is 34.9 Å². The van der Waals surface area contributed by atoms with Crippen molar-refractivity contribution in [2.75, 3.05) is 6.61 Å². The van der Waals surface area contributed by atoms with Crippen LogP contribution in [-0.4, -0.2) is 23.3 Å². The lowest BCUT2D eigenvalue weighted by atomic mass is 9.80. The molecule has 0 saturated carbocycles. The fourth-order valence-corrected chi connectivity index (χ4v) is 3.01. The molecule has 0 amide bonds. The second-order valence-corrected chi connectivity index (χ2v) is 5.29. The maximum atomic E-state index is 12.1. The summed E-state index contributed by atoms with van der Waals surface area (Å²) in [4.78, 5) is 12.1. The molecular weight excluding hydrogens is 240 g/mol. The summed E-state index contributed by atoms with van der Waals surface area (Å²) in [7, 11) is 0. The number of hydrogen-bond acceptors (Lipinski definition) is 3. The molecule has 0 heterocycles. The number of benzene rings is 1. The van der Waals surface area contributed by atoms with Crippen LogP contribution in [0, 0.1) is 6.92 Å². The van der Waals surface area contributed by atoms with E-state index in [4.69, 9.17) is 4.74 Å². The van der Waals surface area contributed by atoms with Gasteiger partial charge in [-0.3, -0.25) is 0 Å². The molecule has 3 nitrogen and oxygen atoms in total. The van der Waals surface area contributed by atoms with Crippen molar-refractivity contribution in [3.8, 4) is 0 Å². The number of aliphatic hydroxyl groups is 1. The van der Waals surface area contributed by atoms with Crippen LogP contribution in [0.4, 0.5) is 0 Å². The Morgan fingerprint density at radius 1 is 1.47 bits per heavy atom. The standard InChI is InChI=1S/C16H22O3/c1-4-16(18,15(17)19-5-2)14-9-8-12-7-6-11(3)10-13(12)14/h6-7,10,14,18H,4-5,8-9H2,1-3H3. The topological polar surface area (TPSA) is 46.5 Å². The van der Waals surface area contributed by atoms with E-state index in [1.807, 2.05) is 13.8 Å². The lowest BCUT2D eigenvalue weighted by Gasteiger charge is -2.31. The van der Waals surface area contributed by atoms with E-state index in [1.165, 1.54) is 5.56 Å². The Morgan fingerprint density at radius 3 is 2.84 bits per heavy atom. The molecule has 1 aliphatic carbocycles. The summed E-state index contributed by atoms with van der Waals surface area (Å²) in [5, 5.41) is 10.8. The molecule has 0 aromatic heterocycles.